The molecule has 0 aliphatic carbocycles. The summed E-state index contributed by atoms with van der Waals surface area (Å²) < 4.78 is 6.60. The molecule has 0 amide bonds. The first-order chi connectivity index (χ1) is 13.9. The number of benzene rings is 2. The van der Waals surface area contributed by atoms with E-state index >= 15 is 0 Å². The number of rotatable bonds is 10. The number of unbranched alkanes of at least 4 members (excludes halogenated alkanes) is 1. The monoisotopic (exact) mass is 425 g/mol. The van der Waals surface area contributed by atoms with Gasteiger partial charge in [-0.2, -0.15) is 0 Å². The second-order valence-electron chi connectivity index (χ2n) is 8.38. The van der Waals surface area contributed by atoms with E-state index in [-0.39, 0.29) is 0 Å². The molecule has 0 fully saturated rings. The van der Waals surface area contributed by atoms with E-state index in [0.717, 1.165) is 24.4 Å². The molecule has 2 nitrogen and oxygen atoms in total. The lowest BCUT2D eigenvalue weighted by molar-refractivity contribution is 0.410. The molecule has 0 aliphatic rings. The highest BCUT2D eigenvalue weighted by Gasteiger charge is 2.45. The first-order valence-corrected chi connectivity index (χ1v) is 14.6. The first kappa shape index (κ1) is 23.7. The Morgan fingerprint density at radius 1 is 1.00 bits per heavy atom. The first-order valence-electron chi connectivity index (χ1n) is 10.8. The van der Waals surface area contributed by atoms with E-state index in [2.05, 4.69) is 71.0 Å². The summed E-state index contributed by atoms with van der Waals surface area (Å²) in [4.78, 5) is 1.50. The topological polar surface area (TPSA) is 29.5 Å². The van der Waals surface area contributed by atoms with Crippen molar-refractivity contribution in [3.05, 3.63) is 65.0 Å². The molecule has 29 heavy (non-hydrogen) atoms. The Labute approximate surface area is 180 Å². The molecule has 0 heterocycles. The molecular formula is C25H37O2Si2. The summed E-state index contributed by atoms with van der Waals surface area (Å²) in [5, 5.41) is 11.9. The molecule has 2 rings (SSSR count). The molecule has 0 saturated carbocycles. The van der Waals surface area contributed by atoms with Crippen LogP contribution >= 0.6 is 0 Å². The fourth-order valence-corrected chi connectivity index (χ4v) is 15.5. The maximum Gasteiger partial charge on any atom is 0.247 e. The van der Waals surface area contributed by atoms with E-state index in [1.54, 1.807) is 6.07 Å². The summed E-state index contributed by atoms with van der Waals surface area (Å²) >= 11 is 0. The van der Waals surface area contributed by atoms with Gasteiger partial charge in [-0.1, -0.05) is 107 Å². The third-order valence-electron chi connectivity index (χ3n) is 5.70. The van der Waals surface area contributed by atoms with Gasteiger partial charge in [0.1, 0.15) is 5.75 Å². The lowest BCUT2D eigenvalue weighted by Gasteiger charge is -2.39. The van der Waals surface area contributed by atoms with Crippen LogP contribution in [0.25, 0.3) is 6.08 Å². The number of para-hydroxylation sites is 1. The maximum absolute atomic E-state index is 10.5. The van der Waals surface area contributed by atoms with Crippen LogP contribution in [-0.4, -0.2) is 29.3 Å². The fraction of sp³-hybridized carbons (Fsp3) is 0.440. The fourth-order valence-electron chi connectivity index (χ4n) is 4.38. The highest BCUT2D eigenvalue weighted by Crippen LogP contribution is 2.37. The van der Waals surface area contributed by atoms with Crippen molar-refractivity contribution in [1.29, 1.82) is 0 Å². The molecule has 0 saturated heterocycles. The normalized spacial score (nSPS) is 14.6. The SMILES string of the molecule is CCCC[Si](OC)(C(=Cc1ccccc1O)[Si](C(C)C)C(C)C)c1ccccc1. The van der Waals surface area contributed by atoms with Crippen LogP contribution in [0.2, 0.25) is 17.1 Å². The molecular weight excluding hydrogens is 388 g/mol. The largest absolute Gasteiger partial charge is 0.507 e. The molecule has 0 aromatic heterocycles. The zero-order chi connectivity index (χ0) is 21.4. The highest BCUT2D eigenvalue weighted by atomic mass is 28.4. The molecule has 4 heteroatoms. The van der Waals surface area contributed by atoms with Crippen LogP contribution in [0.4, 0.5) is 0 Å². The summed E-state index contributed by atoms with van der Waals surface area (Å²) in [5.41, 5.74) is 2.08. The van der Waals surface area contributed by atoms with E-state index in [9.17, 15) is 5.11 Å². The molecule has 0 bridgehead atoms. The van der Waals surface area contributed by atoms with Crippen molar-refractivity contribution < 1.29 is 9.53 Å². The van der Waals surface area contributed by atoms with Gasteiger partial charge in [0, 0.05) is 12.7 Å². The Balaban J connectivity index is 2.81. The Kier molecular flexibility index (Phi) is 8.93. The number of aromatic hydroxyl groups is 1. The minimum atomic E-state index is -2.40. The van der Waals surface area contributed by atoms with Gasteiger partial charge in [-0.05, 0) is 28.4 Å². The van der Waals surface area contributed by atoms with Crippen LogP contribution in [0.15, 0.2) is 59.4 Å². The second kappa shape index (κ2) is 11.0. The Hall–Kier alpha value is -1.63. The summed E-state index contributed by atoms with van der Waals surface area (Å²) in [6, 6.07) is 19.6. The minimum absolute atomic E-state index is 0.349. The van der Waals surface area contributed by atoms with Gasteiger partial charge < -0.3 is 9.53 Å². The lowest BCUT2D eigenvalue weighted by Crippen LogP contribution is -2.56. The number of hydrogen-bond acceptors (Lipinski definition) is 2. The van der Waals surface area contributed by atoms with Crippen LogP contribution in [0.5, 0.6) is 5.75 Å². The van der Waals surface area contributed by atoms with E-state index in [4.69, 9.17) is 4.43 Å². The average Bonchev–Trinajstić information content (AvgIpc) is 2.70. The summed E-state index contributed by atoms with van der Waals surface area (Å²) in [6.45, 7) is 11.7. The molecule has 0 spiro atoms. The third kappa shape index (κ3) is 5.50. The summed E-state index contributed by atoms with van der Waals surface area (Å²) in [7, 11) is -1.37. The molecule has 157 valence electrons. The van der Waals surface area contributed by atoms with Crippen LogP contribution < -0.4 is 5.19 Å². The van der Waals surface area contributed by atoms with Gasteiger partial charge >= 0.3 is 0 Å². The molecule has 2 aromatic rings. The van der Waals surface area contributed by atoms with Crippen molar-refractivity contribution >= 4 is 28.4 Å². The molecule has 0 aliphatic heterocycles. The highest BCUT2D eigenvalue weighted by molar-refractivity contribution is 7.05. The summed E-state index contributed by atoms with van der Waals surface area (Å²) in [6.07, 6.45) is 4.60. The van der Waals surface area contributed by atoms with Crippen molar-refractivity contribution in [2.24, 2.45) is 0 Å². The number of phenols is 1. The van der Waals surface area contributed by atoms with E-state index in [0.29, 0.717) is 16.8 Å². The molecule has 1 radical (unpaired) electrons. The van der Waals surface area contributed by atoms with Crippen LogP contribution in [0, 0.1) is 0 Å². The van der Waals surface area contributed by atoms with Crippen molar-refractivity contribution in [3.8, 4) is 5.75 Å². The van der Waals surface area contributed by atoms with E-state index < -0.39 is 17.1 Å². The predicted molar refractivity (Wildman–Crippen MR) is 131 cm³/mol. The molecule has 1 unspecified atom stereocenters. The second-order valence-corrected chi connectivity index (χ2v) is 16.3. The number of hydrogen-bond donors (Lipinski definition) is 1. The molecule has 2 aromatic carbocycles. The Morgan fingerprint density at radius 2 is 1.59 bits per heavy atom. The van der Waals surface area contributed by atoms with E-state index in [1.165, 1.54) is 10.0 Å². The quantitative estimate of drug-likeness (QED) is 0.442. The third-order valence-corrected chi connectivity index (χ3v) is 15.1. The van der Waals surface area contributed by atoms with Gasteiger partial charge in [-0.25, -0.2) is 0 Å². The smallest absolute Gasteiger partial charge is 0.247 e. The van der Waals surface area contributed by atoms with Crippen LogP contribution in [-0.2, 0) is 4.43 Å². The number of phenolic OH excluding ortho intramolecular Hbond substituents is 1. The predicted octanol–water partition coefficient (Wildman–Crippen LogP) is 6.47. The minimum Gasteiger partial charge on any atom is -0.507 e. The molecule has 1 atom stereocenters. The van der Waals surface area contributed by atoms with Crippen LogP contribution in [0.3, 0.4) is 0 Å². The zero-order valence-electron chi connectivity index (χ0n) is 18.9. The van der Waals surface area contributed by atoms with Crippen LogP contribution in [0.1, 0.15) is 53.0 Å². The Bertz CT molecular complexity index is 778. The summed E-state index contributed by atoms with van der Waals surface area (Å²) in [5.74, 6) is 0.349. The van der Waals surface area contributed by atoms with Gasteiger partial charge in [0.05, 0.1) is 8.80 Å². The maximum atomic E-state index is 10.5. The Morgan fingerprint density at radius 3 is 2.10 bits per heavy atom. The lowest BCUT2D eigenvalue weighted by atomic mass is 10.2. The van der Waals surface area contributed by atoms with Crippen molar-refractivity contribution in [3.63, 3.8) is 0 Å². The van der Waals surface area contributed by atoms with Gasteiger partial charge in [0.15, 0.2) is 0 Å². The molecule has 1 N–H and O–H groups in total. The standard InChI is InChI=1S/C25H37O2Si2/c1-7-8-18-29(27-6,23-15-10-9-11-16-23)25(28(20(2)3)21(4)5)19-22-14-12-13-17-24(22)26/h9-17,19-21,26H,7-8,18H2,1-6H3. The van der Waals surface area contributed by atoms with Gasteiger partial charge in [-0.3, -0.25) is 0 Å². The van der Waals surface area contributed by atoms with Crippen molar-refractivity contribution in [2.45, 2.75) is 64.6 Å². The van der Waals surface area contributed by atoms with Gasteiger partial charge in [0.25, 0.3) is 0 Å². The van der Waals surface area contributed by atoms with Crippen molar-refractivity contribution in [2.75, 3.05) is 7.11 Å². The average molecular weight is 426 g/mol. The van der Waals surface area contributed by atoms with Gasteiger partial charge in [0.2, 0.25) is 8.32 Å². The van der Waals surface area contributed by atoms with Crippen molar-refractivity contribution in [1.82, 2.24) is 0 Å². The van der Waals surface area contributed by atoms with E-state index in [1.807, 2.05) is 25.3 Å². The van der Waals surface area contributed by atoms with Gasteiger partial charge in [-0.15, -0.1) is 0 Å². The zero-order valence-corrected chi connectivity index (χ0v) is 20.9.